The van der Waals surface area contributed by atoms with Gasteiger partial charge in [-0.2, -0.15) is 0 Å². The summed E-state index contributed by atoms with van der Waals surface area (Å²) in [6.45, 7) is 7.18. The largest absolute Gasteiger partial charge is 0.491 e. The van der Waals surface area contributed by atoms with Gasteiger partial charge in [0.25, 0.3) is 0 Å². The van der Waals surface area contributed by atoms with Gasteiger partial charge in [0.1, 0.15) is 17.6 Å². The first kappa shape index (κ1) is 22.3. The normalized spacial score (nSPS) is 12.5. The van der Waals surface area contributed by atoms with E-state index in [0.29, 0.717) is 10.6 Å². The lowest BCUT2D eigenvalue weighted by Crippen LogP contribution is -2.46. The number of amides is 2. The molecule has 1 rings (SSSR count). The summed E-state index contributed by atoms with van der Waals surface area (Å²) in [5.41, 5.74) is 0. The van der Waals surface area contributed by atoms with Gasteiger partial charge in [-0.3, -0.25) is 4.79 Å². The van der Waals surface area contributed by atoms with Gasteiger partial charge in [-0.25, -0.2) is 14.5 Å². The van der Waals surface area contributed by atoms with E-state index >= 15 is 0 Å². The quantitative estimate of drug-likeness (QED) is 0.505. The highest BCUT2D eigenvalue weighted by Crippen LogP contribution is 2.20. The molecule has 0 bridgehead atoms. The van der Waals surface area contributed by atoms with E-state index in [1.54, 1.807) is 38.1 Å². The van der Waals surface area contributed by atoms with Crippen LogP contribution in [0.4, 0.5) is 4.79 Å². The first-order chi connectivity index (χ1) is 12.8. The van der Waals surface area contributed by atoms with E-state index in [2.05, 4.69) is 4.74 Å². The molecule has 0 aliphatic rings. The lowest BCUT2D eigenvalue weighted by Gasteiger charge is -2.23. The van der Waals surface area contributed by atoms with Gasteiger partial charge in [-0.05, 0) is 51.5 Å². The number of carbonyl (C=O) groups excluding carboxylic acids is 3. The standard InChI is InChI=1S/C19H27NO7/c1-6-13(3)26-15-8-10-16(11-9-15)27-14(4)12-20(19(23)25-7-2)17(21)18(22)24-5/h8-11,13-14H,6-7,12H2,1-5H3. The SMILES string of the molecule is CCOC(=O)N(CC(C)Oc1ccc(OC(C)CC)cc1)C(=O)C(=O)OC. The Hall–Kier alpha value is -2.77. The van der Waals surface area contributed by atoms with Crippen molar-refractivity contribution < 1.29 is 33.3 Å². The van der Waals surface area contributed by atoms with Gasteiger partial charge in [0.15, 0.2) is 0 Å². The maximum absolute atomic E-state index is 12.0. The number of rotatable bonds is 8. The van der Waals surface area contributed by atoms with Crippen molar-refractivity contribution in [2.75, 3.05) is 20.3 Å². The molecule has 1 aromatic carbocycles. The highest BCUT2D eigenvalue weighted by atomic mass is 16.6. The van der Waals surface area contributed by atoms with E-state index in [1.807, 2.05) is 13.8 Å². The molecule has 150 valence electrons. The summed E-state index contributed by atoms with van der Waals surface area (Å²) in [6.07, 6.45) is -0.504. The molecule has 0 aliphatic carbocycles. The molecular weight excluding hydrogens is 354 g/mol. The zero-order valence-corrected chi connectivity index (χ0v) is 16.4. The molecule has 27 heavy (non-hydrogen) atoms. The van der Waals surface area contributed by atoms with Crippen molar-refractivity contribution in [2.24, 2.45) is 0 Å². The van der Waals surface area contributed by atoms with Crippen LogP contribution in [-0.4, -0.2) is 55.3 Å². The molecule has 8 nitrogen and oxygen atoms in total. The highest BCUT2D eigenvalue weighted by Gasteiger charge is 2.31. The molecule has 8 heteroatoms. The third kappa shape index (κ3) is 7.16. The second kappa shape index (κ2) is 11.1. The van der Waals surface area contributed by atoms with Crippen LogP contribution in [0.3, 0.4) is 0 Å². The first-order valence-electron chi connectivity index (χ1n) is 8.82. The number of hydrogen-bond acceptors (Lipinski definition) is 7. The summed E-state index contributed by atoms with van der Waals surface area (Å²) in [6, 6.07) is 7.00. The van der Waals surface area contributed by atoms with Crippen molar-refractivity contribution in [1.82, 2.24) is 4.90 Å². The van der Waals surface area contributed by atoms with Crippen LogP contribution in [0.5, 0.6) is 11.5 Å². The summed E-state index contributed by atoms with van der Waals surface area (Å²) in [5.74, 6) is -1.00. The van der Waals surface area contributed by atoms with Gasteiger partial charge in [0.2, 0.25) is 0 Å². The van der Waals surface area contributed by atoms with E-state index in [4.69, 9.17) is 14.2 Å². The lowest BCUT2D eigenvalue weighted by molar-refractivity contribution is -0.157. The molecule has 0 saturated carbocycles. The van der Waals surface area contributed by atoms with Crippen molar-refractivity contribution >= 4 is 18.0 Å². The molecule has 1 aromatic rings. The minimum atomic E-state index is -1.15. The Morgan fingerprint density at radius 2 is 1.48 bits per heavy atom. The van der Waals surface area contributed by atoms with Crippen LogP contribution >= 0.6 is 0 Å². The fourth-order valence-corrected chi connectivity index (χ4v) is 2.08. The summed E-state index contributed by atoms with van der Waals surface area (Å²) >= 11 is 0. The van der Waals surface area contributed by atoms with Gasteiger partial charge in [-0.1, -0.05) is 6.92 Å². The smallest absolute Gasteiger partial charge is 0.417 e. The van der Waals surface area contributed by atoms with Crippen LogP contribution in [0.2, 0.25) is 0 Å². The van der Waals surface area contributed by atoms with E-state index in [9.17, 15) is 14.4 Å². The number of ether oxygens (including phenoxy) is 4. The third-order valence-corrected chi connectivity index (χ3v) is 3.61. The predicted molar refractivity (Wildman–Crippen MR) is 97.7 cm³/mol. The second-order valence-corrected chi connectivity index (χ2v) is 5.84. The fraction of sp³-hybridized carbons (Fsp3) is 0.526. The average Bonchev–Trinajstić information content (AvgIpc) is 2.66. The van der Waals surface area contributed by atoms with E-state index in [1.165, 1.54) is 0 Å². The second-order valence-electron chi connectivity index (χ2n) is 5.84. The summed E-state index contributed by atoms with van der Waals surface area (Å²) in [5, 5.41) is 0. The zero-order chi connectivity index (χ0) is 20.4. The van der Waals surface area contributed by atoms with Crippen LogP contribution in [0.25, 0.3) is 0 Å². The average molecular weight is 381 g/mol. The molecular formula is C19H27NO7. The van der Waals surface area contributed by atoms with Crippen molar-refractivity contribution in [1.29, 1.82) is 0 Å². The Morgan fingerprint density at radius 3 is 1.93 bits per heavy atom. The molecule has 0 N–H and O–H groups in total. The van der Waals surface area contributed by atoms with Crippen molar-refractivity contribution in [2.45, 2.75) is 46.3 Å². The Kier molecular flexibility index (Phi) is 9.12. The number of carbonyl (C=O) groups is 3. The van der Waals surface area contributed by atoms with Crippen molar-refractivity contribution in [3.63, 3.8) is 0 Å². The predicted octanol–water partition coefficient (Wildman–Crippen LogP) is 2.79. The lowest BCUT2D eigenvalue weighted by atomic mass is 10.3. The molecule has 0 spiro atoms. The van der Waals surface area contributed by atoms with Crippen LogP contribution in [-0.2, 0) is 19.1 Å². The maximum atomic E-state index is 12.0. The number of benzene rings is 1. The fourth-order valence-electron chi connectivity index (χ4n) is 2.08. The summed E-state index contributed by atoms with van der Waals surface area (Å²) in [4.78, 5) is 36.1. The first-order valence-corrected chi connectivity index (χ1v) is 8.82. The Bertz CT molecular complexity index is 629. The molecule has 2 atom stereocenters. The van der Waals surface area contributed by atoms with Gasteiger partial charge >= 0.3 is 18.0 Å². The Balaban J connectivity index is 2.75. The van der Waals surface area contributed by atoms with E-state index in [-0.39, 0.29) is 19.3 Å². The molecule has 0 radical (unpaired) electrons. The van der Waals surface area contributed by atoms with Gasteiger partial charge in [0, 0.05) is 0 Å². The van der Waals surface area contributed by atoms with Gasteiger partial charge in [0.05, 0.1) is 26.4 Å². The van der Waals surface area contributed by atoms with Crippen LogP contribution in [0.1, 0.15) is 34.1 Å². The number of methoxy groups -OCH3 is 1. The van der Waals surface area contributed by atoms with Crippen LogP contribution in [0, 0.1) is 0 Å². The number of hydrogen-bond donors (Lipinski definition) is 0. The zero-order valence-electron chi connectivity index (χ0n) is 16.4. The number of esters is 1. The molecule has 0 aromatic heterocycles. The van der Waals surface area contributed by atoms with Crippen LogP contribution < -0.4 is 9.47 Å². The van der Waals surface area contributed by atoms with Gasteiger partial charge in [-0.15, -0.1) is 0 Å². The third-order valence-electron chi connectivity index (χ3n) is 3.61. The molecule has 0 aliphatic heterocycles. The van der Waals surface area contributed by atoms with E-state index in [0.717, 1.165) is 19.3 Å². The molecule has 2 amide bonds. The van der Waals surface area contributed by atoms with Gasteiger partial charge < -0.3 is 18.9 Å². The molecule has 0 fully saturated rings. The summed E-state index contributed by atoms with van der Waals surface area (Å²) < 4.78 is 20.6. The molecule has 0 heterocycles. The van der Waals surface area contributed by atoms with Crippen LogP contribution in [0.15, 0.2) is 24.3 Å². The molecule has 2 unspecified atom stereocenters. The maximum Gasteiger partial charge on any atom is 0.417 e. The number of imide groups is 1. The Labute approximate surface area is 159 Å². The highest BCUT2D eigenvalue weighted by molar-refractivity contribution is 6.34. The minimum absolute atomic E-state index is 0.0661. The van der Waals surface area contributed by atoms with E-state index < -0.39 is 24.1 Å². The summed E-state index contributed by atoms with van der Waals surface area (Å²) in [7, 11) is 1.06. The monoisotopic (exact) mass is 381 g/mol. The Morgan fingerprint density at radius 1 is 0.963 bits per heavy atom. The topological polar surface area (TPSA) is 91.4 Å². The van der Waals surface area contributed by atoms with Crippen molar-refractivity contribution in [3.8, 4) is 11.5 Å². The minimum Gasteiger partial charge on any atom is -0.491 e. The molecule has 0 saturated heterocycles. The van der Waals surface area contributed by atoms with Crippen molar-refractivity contribution in [3.05, 3.63) is 24.3 Å². The number of nitrogens with zero attached hydrogens (tertiary/aromatic N) is 1.